The first-order chi connectivity index (χ1) is 10.2. The maximum absolute atomic E-state index is 12.7. The fraction of sp³-hybridized carbons (Fsp3) is 0.429. The first-order valence-corrected chi connectivity index (χ1v) is 7.04. The summed E-state index contributed by atoms with van der Waals surface area (Å²) in [6, 6.07) is 3.80. The van der Waals surface area contributed by atoms with Crippen molar-refractivity contribution in [2.24, 2.45) is 0 Å². The molecule has 1 saturated heterocycles. The Hall–Kier alpha value is -1.76. The Bertz CT molecular complexity index is 560. The molecule has 1 heterocycles. The van der Waals surface area contributed by atoms with Crippen LogP contribution in [-0.2, 0) is 9.59 Å². The summed E-state index contributed by atoms with van der Waals surface area (Å²) in [4.78, 5) is 23.1. The molecule has 0 aliphatic carbocycles. The van der Waals surface area contributed by atoms with Crippen molar-refractivity contribution >= 4 is 23.4 Å². The molecule has 0 bridgehead atoms. The van der Waals surface area contributed by atoms with Crippen molar-refractivity contribution in [3.63, 3.8) is 0 Å². The van der Waals surface area contributed by atoms with Crippen LogP contribution in [0.2, 0.25) is 5.02 Å². The van der Waals surface area contributed by atoms with Gasteiger partial charge in [0.25, 0.3) is 0 Å². The highest BCUT2D eigenvalue weighted by Gasteiger charge is 2.35. The van der Waals surface area contributed by atoms with E-state index in [1.54, 1.807) is 0 Å². The van der Waals surface area contributed by atoms with E-state index in [-0.39, 0.29) is 18.7 Å². The summed E-state index contributed by atoms with van der Waals surface area (Å²) in [5.74, 6) is -0.894. The minimum atomic E-state index is -4.43. The lowest BCUT2D eigenvalue weighted by Gasteiger charge is -2.22. The van der Waals surface area contributed by atoms with Crippen molar-refractivity contribution in [2.45, 2.75) is 37.5 Å². The van der Waals surface area contributed by atoms with Crippen LogP contribution in [0.5, 0.6) is 0 Å². The smallest absolute Gasteiger partial charge is 0.347 e. The molecule has 2 amide bonds. The summed E-state index contributed by atoms with van der Waals surface area (Å²) in [6.45, 7) is 0. The third-order valence-electron chi connectivity index (χ3n) is 3.34. The average Bonchev–Trinajstić information content (AvgIpc) is 2.84. The molecule has 0 aromatic heterocycles. The molecule has 1 fully saturated rings. The average molecular weight is 335 g/mol. The quantitative estimate of drug-likeness (QED) is 0.889. The van der Waals surface area contributed by atoms with Crippen LogP contribution in [0, 0.1) is 0 Å². The standard InChI is InChI=1S/C14H14ClF3N2O2/c15-9-3-1-8(2-4-9)11(7-14(16,17)18)20-13(22)10-5-6-12(21)19-10/h1-4,10-11H,5-7H2,(H,19,21)(H,20,22)/t10-,11+/m1/s1. The minimum absolute atomic E-state index is 0.197. The summed E-state index contributed by atoms with van der Waals surface area (Å²) in [5.41, 5.74) is 0.305. The molecule has 1 aromatic carbocycles. The predicted molar refractivity (Wildman–Crippen MR) is 74.2 cm³/mol. The summed E-state index contributed by atoms with van der Waals surface area (Å²) in [5, 5.41) is 5.18. The van der Waals surface area contributed by atoms with Crippen molar-refractivity contribution in [1.82, 2.24) is 10.6 Å². The summed E-state index contributed by atoms with van der Waals surface area (Å²) in [6.07, 6.45) is -5.15. The third-order valence-corrected chi connectivity index (χ3v) is 3.59. The molecule has 0 radical (unpaired) electrons. The Morgan fingerprint density at radius 3 is 2.50 bits per heavy atom. The van der Waals surface area contributed by atoms with Gasteiger partial charge in [-0.15, -0.1) is 0 Å². The normalized spacial score (nSPS) is 19.6. The van der Waals surface area contributed by atoms with E-state index < -0.39 is 30.6 Å². The Balaban J connectivity index is 2.12. The van der Waals surface area contributed by atoms with E-state index in [9.17, 15) is 22.8 Å². The SMILES string of the molecule is O=C1CC[C@H](C(=O)N[C@@H](CC(F)(F)F)c2ccc(Cl)cc2)N1. The molecule has 1 aromatic rings. The van der Waals surface area contributed by atoms with E-state index in [0.29, 0.717) is 10.6 Å². The number of rotatable bonds is 4. The van der Waals surface area contributed by atoms with Gasteiger partial charge in [-0.25, -0.2) is 0 Å². The van der Waals surface area contributed by atoms with Crippen LogP contribution in [0.25, 0.3) is 0 Å². The topological polar surface area (TPSA) is 58.2 Å². The Labute approximate surface area is 130 Å². The van der Waals surface area contributed by atoms with Crippen molar-refractivity contribution in [1.29, 1.82) is 0 Å². The van der Waals surface area contributed by atoms with Crippen LogP contribution in [-0.4, -0.2) is 24.0 Å². The van der Waals surface area contributed by atoms with Crippen LogP contribution in [0.4, 0.5) is 13.2 Å². The largest absolute Gasteiger partial charge is 0.391 e. The molecule has 8 heteroatoms. The monoisotopic (exact) mass is 334 g/mol. The maximum atomic E-state index is 12.7. The fourth-order valence-corrected chi connectivity index (χ4v) is 2.39. The van der Waals surface area contributed by atoms with E-state index >= 15 is 0 Å². The number of alkyl halides is 3. The Morgan fingerprint density at radius 2 is 2.00 bits per heavy atom. The molecule has 0 spiro atoms. The van der Waals surface area contributed by atoms with Crippen LogP contribution in [0.3, 0.4) is 0 Å². The lowest BCUT2D eigenvalue weighted by Crippen LogP contribution is -2.43. The summed E-state index contributed by atoms with van der Waals surface area (Å²) in [7, 11) is 0. The number of benzene rings is 1. The highest BCUT2D eigenvalue weighted by Crippen LogP contribution is 2.30. The van der Waals surface area contributed by atoms with Gasteiger partial charge in [0, 0.05) is 11.4 Å². The van der Waals surface area contributed by atoms with E-state index in [0.717, 1.165) is 0 Å². The van der Waals surface area contributed by atoms with Crippen molar-refractivity contribution < 1.29 is 22.8 Å². The molecular weight excluding hydrogens is 321 g/mol. The van der Waals surface area contributed by atoms with E-state index in [1.165, 1.54) is 24.3 Å². The molecule has 2 rings (SSSR count). The van der Waals surface area contributed by atoms with E-state index in [2.05, 4.69) is 10.6 Å². The van der Waals surface area contributed by atoms with Gasteiger partial charge in [0.2, 0.25) is 11.8 Å². The van der Waals surface area contributed by atoms with Crippen molar-refractivity contribution in [3.8, 4) is 0 Å². The number of hydrogen-bond donors (Lipinski definition) is 2. The lowest BCUT2D eigenvalue weighted by molar-refractivity contribution is -0.143. The zero-order valence-electron chi connectivity index (χ0n) is 11.4. The van der Waals surface area contributed by atoms with Gasteiger partial charge in [-0.05, 0) is 24.1 Å². The molecule has 120 valence electrons. The van der Waals surface area contributed by atoms with Crippen molar-refractivity contribution in [3.05, 3.63) is 34.9 Å². The van der Waals surface area contributed by atoms with Gasteiger partial charge >= 0.3 is 6.18 Å². The molecule has 0 saturated carbocycles. The number of nitrogens with one attached hydrogen (secondary N) is 2. The zero-order valence-corrected chi connectivity index (χ0v) is 12.2. The number of halogens is 4. The van der Waals surface area contributed by atoms with Gasteiger partial charge < -0.3 is 10.6 Å². The van der Waals surface area contributed by atoms with Gasteiger partial charge in [0.1, 0.15) is 6.04 Å². The zero-order chi connectivity index (χ0) is 16.3. The van der Waals surface area contributed by atoms with Gasteiger partial charge in [0.05, 0.1) is 12.5 Å². The van der Waals surface area contributed by atoms with Crippen LogP contribution >= 0.6 is 11.6 Å². The molecule has 0 unspecified atom stereocenters. The first kappa shape index (κ1) is 16.6. The number of carbonyl (C=O) groups excluding carboxylic acids is 2. The van der Waals surface area contributed by atoms with E-state index in [1.807, 2.05) is 0 Å². The molecule has 1 aliphatic heterocycles. The summed E-state index contributed by atoms with van der Waals surface area (Å²) >= 11 is 5.72. The Kier molecular flexibility index (Phi) is 4.95. The van der Waals surface area contributed by atoms with Crippen LogP contribution in [0.1, 0.15) is 30.9 Å². The molecular formula is C14H14ClF3N2O2. The Morgan fingerprint density at radius 1 is 1.36 bits per heavy atom. The minimum Gasteiger partial charge on any atom is -0.347 e. The lowest BCUT2D eigenvalue weighted by atomic mass is 10.0. The van der Waals surface area contributed by atoms with Gasteiger partial charge in [-0.3, -0.25) is 9.59 Å². The molecule has 1 aliphatic rings. The van der Waals surface area contributed by atoms with Crippen LogP contribution < -0.4 is 10.6 Å². The van der Waals surface area contributed by atoms with E-state index in [4.69, 9.17) is 11.6 Å². The van der Waals surface area contributed by atoms with Crippen molar-refractivity contribution in [2.75, 3.05) is 0 Å². The van der Waals surface area contributed by atoms with Gasteiger partial charge in [-0.1, -0.05) is 23.7 Å². The van der Waals surface area contributed by atoms with Gasteiger partial charge in [-0.2, -0.15) is 13.2 Å². The van der Waals surface area contributed by atoms with Crippen LogP contribution in [0.15, 0.2) is 24.3 Å². The second-order valence-electron chi connectivity index (χ2n) is 5.09. The number of amides is 2. The number of carbonyl (C=O) groups is 2. The second kappa shape index (κ2) is 6.56. The third kappa shape index (κ3) is 4.62. The number of hydrogen-bond acceptors (Lipinski definition) is 2. The molecule has 2 atom stereocenters. The van der Waals surface area contributed by atoms with Gasteiger partial charge in [0.15, 0.2) is 0 Å². The second-order valence-corrected chi connectivity index (χ2v) is 5.53. The first-order valence-electron chi connectivity index (χ1n) is 6.66. The highest BCUT2D eigenvalue weighted by molar-refractivity contribution is 6.30. The molecule has 22 heavy (non-hydrogen) atoms. The molecule has 2 N–H and O–H groups in total. The fourth-order valence-electron chi connectivity index (χ4n) is 2.26. The maximum Gasteiger partial charge on any atom is 0.391 e. The molecule has 4 nitrogen and oxygen atoms in total. The predicted octanol–water partition coefficient (Wildman–Crippen LogP) is 2.73. The highest BCUT2D eigenvalue weighted by atomic mass is 35.5. The summed E-state index contributed by atoms with van der Waals surface area (Å²) < 4.78 is 38.1.